The highest BCUT2D eigenvalue weighted by Crippen LogP contribution is 2.66. The molecule has 170 valence electrons. The van der Waals surface area contributed by atoms with Gasteiger partial charge in [-0.15, -0.1) is 0 Å². The van der Waals surface area contributed by atoms with Crippen LogP contribution in [-0.2, 0) is 23.9 Å². The van der Waals surface area contributed by atoms with Gasteiger partial charge in [0, 0.05) is 31.8 Å². The molecule has 0 spiro atoms. The second-order valence-electron chi connectivity index (χ2n) is 10.5. The Balaban J connectivity index is 1.64. The van der Waals surface area contributed by atoms with Crippen molar-refractivity contribution in [2.75, 3.05) is 0 Å². The molecule has 0 aromatic carbocycles. The lowest BCUT2D eigenvalue weighted by Gasteiger charge is -2.57. The maximum atomic E-state index is 11.8. The van der Waals surface area contributed by atoms with Crippen LogP contribution in [0.15, 0.2) is 23.3 Å². The Bertz CT molecular complexity index is 856. The maximum absolute atomic E-state index is 11.8. The molecule has 1 N–H and O–H groups in total. The summed E-state index contributed by atoms with van der Waals surface area (Å²) in [6.45, 7) is 7.43. The zero-order valence-electron chi connectivity index (χ0n) is 19.0. The van der Waals surface area contributed by atoms with E-state index in [9.17, 15) is 19.5 Å². The highest BCUT2D eigenvalue weighted by Gasteiger charge is 2.61. The summed E-state index contributed by atoms with van der Waals surface area (Å²) in [7, 11) is 0. The van der Waals surface area contributed by atoms with Crippen molar-refractivity contribution in [2.45, 2.75) is 84.8 Å². The summed E-state index contributed by atoms with van der Waals surface area (Å²) in [4.78, 5) is 34.7. The van der Waals surface area contributed by atoms with Gasteiger partial charge in [0.1, 0.15) is 12.2 Å². The summed E-state index contributed by atoms with van der Waals surface area (Å²) in [6.07, 6.45) is 9.47. The van der Waals surface area contributed by atoms with E-state index in [-0.39, 0.29) is 28.9 Å². The average Bonchev–Trinajstić information content (AvgIpc) is 2.92. The topological polar surface area (TPSA) is 89.9 Å². The molecule has 31 heavy (non-hydrogen) atoms. The van der Waals surface area contributed by atoms with Crippen molar-refractivity contribution in [3.05, 3.63) is 23.3 Å². The largest absolute Gasteiger partial charge is 0.478 e. The number of hydrogen-bond donors (Lipinski definition) is 1. The van der Waals surface area contributed by atoms with Gasteiger partial charge in [-0.25, -0.2) is 4.79 Å². The number of rotatable bonds is 3. The van der Waals surface area contributed by atoms with Crippen LogP contribution < -0.4 is 0 Å². The fourth-order valence-electron chi connectivity index (χ4n) is 7.47. The fourth-order valence-corrected chi connectivity index (χ4v) is 7.47. The Labute approximate surface area is 184 Å². The van der Waals surface area contributed by atoms with Crippen LogP contribution in [0.1, 0.15) is 72.6 Å². The first kappa shape index (κ1) is 22.1. The quantitative estimate of drug-likeness (QED) is 0.405. The summed E-state index contributed by atoms with van der Waals surface area (Å²) in [5.74, 6) is -0.292. The molecule has 0 aromatic rings. The molecule has 6 nitrogen and oxygen atoms in total. The van der Waals surface area contributed by atoms with Gasteiger partial charge in [-0.2, -0.15) is 0 Å². The van der Waals surface area contributed by atoms with Crippen molar-refractivity contribution in [1.29, 1.82) is 0 Å². The van der Waals surface area contributed by atoms with Gasteiger partial charge in [0.15, 0.2) is 0 Å². The van der Waals surface area contributed by atoms with Crippen molar-refractivity contribution in [2.24, 2.45) is 28.6 Å². The molecule has 3 saturated carbocycles. The van der Waals surface area contributed by atoms with Gasteiger partial charge in [0.2, 0.25) is 0 Å². The second-order valence-corrected chi connectivity index (χ2v) is 10.5. The van der Waals surface area contributed by atoms with Crippen molar-refractivity contribution in [1.82, 2.24) is 0 Å². The molecule has 6 heteroatoms. The molecule has 0 aliphatic heterocycles. The van der Waals surface area contributed by atoms with Gasteiger partial charge in [0.25, 0.3) is 0 Å². The third kappa shape index (κ3) is 3.72. The number of ether oxygens (including phenoxy) is 2. The summed E-state index contributed by atoms with van der Waals surface area (Å²) in [5.41, 5.74) is 2.03. The Morgan fingerprint density at radius 3 is 2.39 bits per heavy atom. The van der Waals surface area contributed by atoms with Crippen LogP contribution in [-0.4, -0.2) is 35.2 Å². The van der Waals surface area contributed by atoms with Gasteiger partial charge in [-0.1, -0.05) is 25.5 Å². The summed E-state index contributed by atoms with van der Waals surface area (Å²) >= 11 is 0. The minimum Gasteiger partial charge on any atom is -0.478 e. The average molecular weight is 431 g/mol. The molecule has 3 fully saturated rings. The van der Waals surface area contributed by atoms with Crippen LogP contribution in [0.2, 0.25) is 0 Å². The lowest BCUT2D eigenvalue weighted by Crippen LogP contribution is -2.51. The summed E-state index contributed by atoms with van der Waals surface area (Å²) in [6, 6.07) is 0. The molecular formula is C25H34O6. The minimum absolute atomic E-state index is 0.0211. The van der Waals surface area contributed by atoms with E-state index in [1.165, 1.54) is 25.5 Å². The van der Waals surface area contributed by atoms with E-state index >= 15 is 0 Å². The van der Waals surface area contributed by atoms with Crippen LogP contribution in [0.4, 0.5) is 0 Å². The van der Waals surface area contributed by atoms with E-state index in [4.69, 9.17) is 9.47 Å². The molecule has 0 amide bonds. The van der Waals surface area contributed by atoms with Crippen LogP contribution in [0.25, 0.3) is 0 Å². The third-order valence-corrected chi connectivity index (χ3v) is 8.81. The number of carboxylic acid groups (broad SMARTS) is 1. The van der Waals surface area contributed by atoms with Crippen molar-refractivity contribution < 1.29 is 29.0 Å². The van der Waals surface area contributed by atoms with E-state index in [2.05, 4.69) is 19.9 Å². The fraction of sp³-hybridized carbons (Fsp3) is 0.720. The monoisotopic (exact) mass is 430 g/mol. The molecule has 0 bridgehead atoms. The van der Waals surface area contributed by atoms with Crippen LogP contribution in [0.5, 0.6) is 0 Å². The molecule has 0 unspecified atom stereocenters. The number of allylic oxidation sites excluding steroid dienone is 1. The zero-order chi connectivity index (χ0) is 22.6. The maximum Gasteiger partial charge on any atom is 0.328 e. The highest BCUT2D eigenvalue weighted by molar-refractivity contribution is 5.81. The third-order valence-electron chi connectivity index (χ3n) is 8.81. The van der Waals surface area contributed by atoms with Gasteiger partial charge in [-0.05, 0) is 67.3 Å². The molecule has 0 saturated heterocycles. The zero-order valence-corrected chi connectivity index (χ0v) is 19.0. The Morgan fingerprint density at radius 2 is 1.74 bits per heavy atom. The standard InChI is InChI=1S/C25H34O6/c1-14(26)30-18-7-9-24(3)17(13-18)5-6-19-20(24)8-10-25(4)21(19)11-16(12-22(28)29)23(25)31-15(2)27/h5,12,18-21,23H,6-11,13H2,1-4H3,(H,28,29)/b16-12-/t18-,19-,20+,21+,23+,24+,25+/m1/s1. The molecule has 0 heterocycles. The van der Waals surface area contributed by atoms with E-state index in [1.807, 2.05) is 0 Å². The van der Waals surface area contributed by atoms with E-state index < -0.39 is 12.1 Å². The van der Waals surface area contributed by atoms with E-state index in [0.717, 1.165) is 44.1 Å². The molecule has 4 rings (SSSR count). The van der Waals surface area contributed by atoms with Crippen molar-refractivity contribution in [3.8, 4) is 0 Å². The number of carbonyl (C=O) groups excluding carboxylic acids is 2. The predicted molar refractivity (Wildman–Crippen MR) is 114 cm³/mol. The van der Waals surface area contributed by atoms with E-state index in [0.29, 0.717) is 24.2 Å². The Kier molecular flexibility index (Phi) is 5.55. The first-order valence-corrected chi connectivity index (χ1v) is 11.5. The van der Waals surface area contributed by atoms with Crippen LogP contribution in [0.3, 0.4) is 0 Å². The Hall–Kier alpha value is -2.11. The second kappa shape index (κ2) is 7.79. The highest BCUT2D eigenvalue weighted by atomic mass is 16.5. The summed E-state index contributed by atoms with van der Waals surface area (Å²) in [5, 5.41) is 9.40. The molecule has 4 aliphatic carbocycles. The van der Waals surface area contributed by atoms with Crippen molar-refractivity contribution >= 4 is 17.9 Å². The SMILES string of the molecule is CC(=O)O[C@@H]1CC[C@@]2(C)C(=CC[C@H]3[C@@H]4C/C(=C/C(=O)O)[C@H](OC(C)=O)[C@@]4(C)CC[C@@H]32)C1. The Morgan fingerprint density at radius 1 is 1.03 bits per heavy atom. The number of carbonyl (C=O) groups is 3. The van der Waals surface area contributed by atoms with E-state index in [1.54, 1.807) is 0 Å². The molecule has 0 radical (unpaired) electrons. The lowest BCUT2D eigenvalue weighted by atomic mass is 9.48. The smallest absolute Gasteiger partial charge is 0.328 e. The van der Waals surface area contributed by atoms with Crippen LogP contribution >= 0.6 is 0 Å². The molecule has 4 aliphatic rings. The summed E-state index contributed by atoms with van der Waals surface area (Å²) < 4.78 is 11.2. The number of carboxylic acids is 1. The number of esters is 2. The van der Waals surface area contributed by atoms with Crippen molar-refractivity contribution in [3.63, 3.8) is 0 Å². The predicted octanol–water partition coefficient (Wildman–Crippen LogP) is 4.43. The first-order chi connectivity index (χ1) is 14.5. The number of fused-ring (bicyclic) bond motifs is 5. The first-order valence-electron chi connectivity index (χ1n) is 11.5. The molecule has 0 aromatic heterocycles. The normalized spacial score (nSPS) is 42.6. The lowest BCUT2D eigenvalue weighted by molar-refractivity contribution is -0.155. The molecule has 7 atom stereocenters. The van der Waals surface area contributed by atoms with Crippen LogP contribution in [0, 0.1) is 28.6 Å². The van der Waals surface area contributed by atoms with Gasteiger partial charge in [0.05, 0.1) is 0 Å². The number of aliphatic carboxylic acids is 1. The minimum atomic E-state index is -0.979. The molecular weight excluding hydrogens is 396 g/mol. The number of hydrogen-bond acceptors (Lipinski definition) is 5. The van der Waals surface area contributed by atoms with Gasteiger partial charge < -0.3 is 14.6 Å². The van der Waals surface area contributed by atoms with Gasteiger partial charge >= 0.3 is 17.9 Å². The van der Waals surface area contributed by atoms with Gasteiger partial charge in [-0.3, -0.25) is 9.59 Å².